The number of benzene rings is 2. The zero-order valence-corrected chi connectivity index (χ0v) is 18.7. The van der Waals surface area contributed by atoms with Crippen LogP contribution in [0.1, 0.15) is 44.4 Å². The van der Waals surface area contributed by atoms with E-state index in [2.05, 4.69) is 24.0 Å². The maximum Gasteiger partial charge on any atom is 0.320 e. The fourth-order valence-electron chi connectivity index (χ4n) is 3.99. The SMILES string of the molecule is CC(C)[C@@H](C#CCCc1ccccc1)C1C(=O)O[C@@H](c2ccccc2)[C@H](C)N(C)C1=O. The molecule has 162 valence electrons. The third-order valence-corrected chi connectivity index (χ3v) is 6.02. The molecule has 0 saturated carbocycles. The summed E-state index contributed by atoms with van der Waals surface area (Å²) in [7, 11) is 1.75. The van der Waals surface area contributed by atoms with Crippen molar-refractivity contribution in [3.05, 3.63) is 71.8 Å². The Morgan fingerprint density at radius 1 is 1.00 bits per heavy atom. The van der Waals surface area contributed by atoms with E-state index in [-0.39, 0.29) is 23.8 Å². The van der Waals surface area contributed by atoms with E-state index >= 15 is 0 Å². The van der Waals surface area contributed by atoms with E-state index in [1.54, 1.807) is 11.9 Å². The topological polar surface area (TPSA) is 46.6 Å². The van der Waals surface area contributed by atoms with Gasteiger partial charge in [-0.3, -0.25) is 9.59 Å². The van der Waals surface area contributed by atoms with E-state index < -0.39 is 18.0 Å². The Hall–Kier alpha value is -3.06. The van der Waals surface area contributed by atoms with Crippen LogP contribution in [0, 0.1) is 29.6 Å². The van der Waals surface area contributed by atoms with E-state index in [9.17, 15) is 9.59 Å². The van der Waals surface area contributed by atoms with Crippen molar-refractivity contribution >= 4 is 11.9 Å². The Kier molecular flexibility index (Phi) is 7.52. The minimum absolute atomic E-state index is 0.0442. The molecule has 2 aromatic rings. The summed E-state index contributed by atoms with van der Waals surface area (Å²) in [5.41, 5.74) is 2.11. The van der Waals surface area contributed by atoms with Crippen LogP contribution in [0.5, 0.6) is 0 Å². The predicted octanol–water partition coefficient (Wildman–Crippen LogP) is 4.66. The lowest BCUT2D eigenvalue weighted by molar-refractivity contribution is -0.157. The first kappa shape index (κ1) is 22.6. The zero-order chi connectivity index (χ0) is 22.4. The number of aryl methyl sites for hydroxylation is 1. The van der Waals surface area contributed by atoms with Gasteiger partial charge in [-0.05, 0) is 30.4 Å². The number of esters is 1. The number of carbonyl (C=O) groups is 2. The molecule has 0 bridgehead atoms. The van der Waals surface area contributed by atoms with Gasteiger partial charge in [0.2, 0.25) is 5.91 Å². The molecule has 3 rings (SSSR count). The number of likely N-dealkylation sites (N-methyl/N-ethyl adjacent to an activating group) is 1. The molecule has 1 heterocycles. The second kappa shape index (κ2) is 10.3. The Labute approximate surface area is 185 Å². The smallest absolute Gasteiger partial charge is 0.320 e. The van der Waals surface area contributed by atoms with Gasteiger partial charge in [-0.1, -0.05) is 80.4 Å². The number of ether oxygens (including phenoxy) is 1. The molecule has 0 aromatic heterocycles. The summed E-state index contributed by atoms with van der Waals surface area (Å²) in [5, 5.41) is 0. The molecule has 0 radical (unpaired) electrons. The van der Waals surface area contributed by atoms with Gasteiger partial charge in [-0.2, -0.15) is 0 Å². The molecule has 1 amide bonds. The molecule has 1 fully saturated rings. The third-order valence-electron chi connectivity index (χ3n) is 6.02. The molecule has 1 aliphatic rings. The Morgan fingerprint density at radius 3 is 2.23 bits per heavy atom. The van der Waals surface area contributed by atoms with Crippen molar-refractivity contribution in [1.29, 1.82) is 0 Å². The molecule has 1 saturated heterocycles. The molecule has 0 spiro atoms. The van der Waals surface area contributed by atoms with Gasteiger partial charge in [0.1, 0.15) is 12.0 Å². The lowest BCUT2D eigenvalue weighted by atomic mass is 9.82. The average Bonchev–Trinajstić information content (AvgIpc) is 2.86. The van der Waals surface area contributed by atoms with Gasteiger partial charge >= 0.3 is 5.97 Å². The van der Waals surface area contributed by atoms with Crippen LogP contribution in [0.3, 0.4) is 0 Å². The molecular formula is C27H31NO3. The van der Waals surface area contributed by atoms with Crippen LogP contribution in [-0.4, -0.2) is 29.9 Å². The summed E-state index contributed by atoms with van der Waals surface area (Å²) in [6, 6.07) is 19.5. The van der Waals surface area contributed by atoms with Crippen LogP contribution >= 0.6 is 0 Å². The van der Waals surface area contributed by atoms with Crippen LogP contribution in [0.25, 0.3) is 0 Å². The van der Waals surface area contributed by atoms with Gasteiger partial charge < -0.3 is 9.64 Å². The van der Waals surface area contributed by atoms with Crippen molar-refractivity contribution in [2.45, 2.75) is 45.8 Å². The Balaban J connectivity index is 1.82. The number of hydrogen-bond donors (Lipinski definition) is 0. The van der Waals surface area contributed by atoms with Gasteiger partial charge in [-0.25, -0.2) is 0 Å². The maximum atomic E-state index is 13.3. The van der Waals surface area contributed by atoms with Crippen LogP contribution in [0.4, 0.5) is 0 Å². The molecule has 4 atom stereocenters. The normalized spacial score (nSPS) is 22.4. The van der Waals surface area contributed by atoms with E-state index in [1.165, 1.54) is 5.56 Å². The van der Waals surface area contributed by atoms with Crippen LogP contribution in [0.15, 0.2) is 60.7 Å². The number of amides is 1. The van der Waals surface area contributed by atoms with Gasteiger partial charge in [0.15, 0.2) is 0 Å². The predicted molar refractivity (Wildman–Crippen MR) is 122 cm³/mol. The summed E-state index contributed by atoms with van der Waals surface area (Å²) >= 11 is 0. The van der Waals surface area contributed by atoms with Crippen molar-refractivity contribution in [1.82, 2.24) is 4.90 Å². The van der Waals surface area contributed by atoms with Crippen LogP contribution in [-0.2, 0) is 20.7 Å². The first-order chi connectivity index (χ1) is 14.9. The molecule has 31 heavy (non-hydrogen) atoms. The van der Waals surface area contributed by atoms with E-state index in [0.29, 0.717) is 6.42 Å². The molecule has 0 aliphatic carbocycles. The van der Waals surface area contributed by atoms with Crippen molar-refractivity contribution in [2.24, 2.45) is 17.8 Å². The van der Waals surface area contributed by atoms with Crippen LogP contribution in [0.2, 0.25) is 0 Å². The second-order valence-electron chi connectivity index (χ2n) is 8.51. The van der Waals surface area contributed by atoms with E-state index in [0.717, 1.165) is 12.0 Å². The summed E-state index contributed by atoms with van der Waals surface area (Å²) in [6.07, 6.45) is 1.03. The summed E-state index contributed by atoms with van der Waals surface area (Å²) in [5.74, 6) is 4.50. The highest BCUT2D eigenvalue weighted by atomic mass is 16.5. The number of rotatable bonds is 5. The fourth-order valence-corrected chi connectivity index (χ4v) is 3.99. The summed E-state index contributed by atoms with van der Waals surface area (Å²) in [4.78, 5) is 28.1. The minimum atomic E-state index is -0.912. The van der Waals surface area contributed by atoms with Crippen molar-refractivity contribution in [3.63, 3.8) is 0 Å². The molecular weight excluding hydrogens is 386 g/mol. The quantitative estimate of drug-likeness (QED) is 0.404. The average molecular weight is 418 g/mol. The van der Waals surface area contributed by atoms with Gasteiger partial charge in [-0.15, -0.1) is 5.92 Å². The van der Waals surface area contributed by atoms with Gasteiger partial charge in [0.25, 0.3) is 0 Å². The minimum Gasteiger partial charge on any atom is -0.455 e. The molecule has 2 aromatic carbocycles. The largest absolute Gasteiger partial charge is 0.455 e. The monoisotopic (exact) mass is 417 g/mol. The van der Waals surface area contributed by atoms with Gasteiger partial charge in [0.05, 0.1) is 6.04 Å². The van der Waals surface area contributed by atoms with E-state index in [4.69, 9.17) is 4.74 Å². The molecule has 4 heteroatoms. The molecule has 1 unspecified atom stereocenters. The van der Waals surface area contributed by atoms with E-state index in [1.807, 2.05) is 69.3 Å². The van der Waals surface area contributed by atoms with Crippen molar-refractivity contribution in [3.8, 4) is 11.8 Å². The second-order valence-corrected chi connectivity index (χ2v) is 8.51. The molecule has 0 N–H and O–H groups in total. The Bertz CT molecular complexity index is 943. The van der Waals surface area contributed by atoms with Crippen molar-refractivity contribution in [2.75, 3.05) is 7.05 Å². The van der Waals surface area contributed by atoms with Crippen LogP contribution < -0.4 is 0 Å². The lowest BCUT2D eigenvalue weighted by Crippen LogP contribution is -2.43. The number of cyclic esters (lactones) is 1. The number of nitrogens with zero attached hydrogens (tertiary/aromatic N) is 1. The van der Waals surface area contributed by atoms with Gasteiger partial charge in [0, 0.05) is 19.4 Å². The molecule has 4 nitrogen and oxygen atoms in total. The highest BCUT2D eigenvalue weighted by molar-refractivity contribution is 5.99. The maximum absolute atomic E-state index is 13.3. The first-order valence-electron chi connectivity index (χ1n) is 10.9. The van der Waals surface area contributed by atoms with Crippen molar-refractivity contribution < 1.29 is 14.3 Å². The first-order valence-corrected chi connectivity index (χ1v) is 10.9. The summed E-state index contributed by atoms with van der Waals surface area (Å²) in [6.45, 7) is 5.92. The standard InChI is InChI=1S/C27H31NO3/c1-19(2)23(18-12-11-15-21-13-7-5-8-14-21)24-26(29)28(4)20(3)25(31-27(24)30)22-16-9-6-10-17-22/h5-10,13-14,16-17,19-20,23-25H,11,15H2,1-4H3/t20-,23+,24?,25+/m0/s1. The molecule has 1 aliphatic heterocycles. The number of hydrogen-bond acceptors (Lipinski definition) is 3. The third kappa shape index (κ3) is 5.35. The highest BCUT2D eigenvalue weighted by Gasteiger charge is 2.45. The zero-order valence-electron chi connectivity index (χ0n) is 18.7. The summed E-state index contributed by atoms with van der Waals surface area (Å²) < 4.78 is 5.90. The lowest BCUT2D eigenvalue weighted by Gasteiger charge is -2.29. The highest BCUT2D eigenvalue weighted by Crippen LogP contribution is 2.34. The number of carbonyl (C=O) groups excluding carboxylic acids is 2. The Morgan fingerprint density at radius 2 is 1.61 bits per heavy atom. The fraction of sp³-hybridized carbons (Fsp3) is 0.407.